The molecule has 5 heteroatoms. The third-order valence-electron chi connectivity index (χ3n) is 0.270. The van der Waals surface area contributed by atoms with Gasteiger partial charge in [0.1, 0.15) is 12.4 Å². The molecule has 44 valence electrons. The first-order chi connectivity index (χ1) is 3.41. The van der Waals surface area contributed by atoms with Crippen molar-refractivity contribution in [1.29, 1.82) is 0 Å². The summed E-state index contributed by atoms with van der Waals surface area (Å²) in [5, 5.41) is 0. The zero-order chi connectivity index (χ0) is 5.54. The van der Waals surface area contributed by atoms with E-state index in [1.54, 1.807) is 0 Å². The highest BCUT2D eigenvalue weighted by Crippen LogP contribution is 2.12. The molecule has 0 rings (SSSR count). The molecule has 1 atom stereocenters. The molecule has 0 aromatic rings. The lowest BCUT2D eigenvalue weighted by molar-refractivity contribution is 0.387. The Morgan fingerprint density at radius 1 is 1.57 bits per heavy atom. The van der Waals surface area contributed by atoms with Crippen LogP contribution in [0, 0.1) is 0 Å². The van der Waals surface area contributed by atoms with E-state index in [2.05, 4.69) is 8.81 Å². The molecular formula is C2H5Cl2O2P. The predicted octanol–water partition coefficient (Wildman–Crippen LogP) is 1.92. The fourth-order valence-corrected chi connectivity index (χ4v) is 0.673. The molecule has 0 aliphatic heterocycles. The number of alkyl halides is 1. The largest absolute Gasteiger partial charge is 0.344 e. The van der Waals surface area contributed by atoms with Crippen LogP contribution in [0.2, 0.25) is 0 Å². The maximum atomic E-state index is 5.12. The first-order valence-corrected chi connectivity index (χ1v) is 3.52. The van der Waals surface area contributed by atoms with Crippen LogP contribution in [0.25, 0.3) is 0 Å². The van der Waals surface area contributed by atoms with Crippen LogP contribution in [-0.2, 0) is 8.81 Å². The van der Waals surface area contributed by atoms with Gasteiger partial charge in [0.05, 0.1) is 11.9 Å². The van der Waals surface area contributed by atoms with Gasteiger partial charge in [-0.05, 0) is 0 Å². The number of halogens is 2. The summed E-state index contributed by atoms with van der Waals surface area (Å²) < 4.78 is 8.80. The Balaban J connectivity index is 2.45. The Morgan fingerprint density at radius 3 is 2.71 bits per heavy atom. The van der Waals surface area contributed by atoms with Crippen molar-refractivity contribution in [1.82, 2.24) is 0 Å². The maximum absolute atomic E-state index is 5.12. The molecular weight excluding hydrogens is 158 g/mol. The Kier molecular flexibility index (Phi) is 7.85. The van der Waals surface area contributed by atoms with Crippen LogP contribution in [0.4, 0.5) is 0 Å². The molecule has 0 amide bonds. The van der Waals surface area contributed by atoms with E-state index in [-0.39, 0.29) is 14.9 Å². The summed E-state index contributed by atoms with van der Waals surface area (Å²) in [7, 11) is 0.246. The van der Waals surface area contributed by atoms with Gasteiger partial charge >= 0.3 is 0 Å². The molecule has 0 bridgehead atoms. The van der Waals surface area contributed by atoms with Gasteiger partial charge in [0.25, 0.3) is 0 Å². The van der Waals surface area contributed by atoms with Gasteiger partial charge in [-0.3, -0.25) is 4.29 Å². The molecule has 0 radical (unpaired) electrons. The summed E-state index contributed by atoms with van der Waals surface area (Å²) in [5.74, 6) is 0. The molecule has 0 heterocycles. The molecule has 2 nitrogen and oxygen atoms in total. The van der Waals surface area contributed by atoms with Crippen LogP contribution in [0.1, 0.15) is 0 Å². The van der Waals surface area contributed by atoms with Crippen LogP contribution in [0.15, 0.2) is 0 Å². The van der Waals surface area contributed by atoms with Crippen molar-refractivity contribution in [2.24, 2.45) is 0 Å². The fraction of sp³-hybridized carbons (Fsp3) is 1.00. The van der Waals surface area contributed by atoms with Crippen molar-refractivity contribution in [3.63, 3.8) is 0 Å². The highest BCUT2D eigenvalue weighted by atomic mass is 35.5. The van der Waals surface area contributed by atoms with Gasteiger partial charge in [-0.25, -0.2) is 0 Å². The van der Waals surface area contributed by atoms with Gasteiger partial charge in [0.15, 0.2) is 0 Å². The lowest BCUT2D eigenvalue weighted by Gasteiger charge is -1.92. The van der Waals surface area contributed by atoms with E-state index in [0.717, 1.165) is 0 Å². The standard InChI is InChI=1S/C2H5Cl2O2P/c3-1-6-7-2-5-4/h7H,1-2H2. The summed E-state index contributed by atoms with van der Waals surface area (Å²) in [4.78, 5) is 0. The van der Waals surface area contributed by atoms with Gasteiger partial charge in [-0.15, -0.1) is 0 Å². The van der Waals surface area contributed by atoms with E-state index in [1.807, 2.05) is 0 Å². The fourth-order valence-electron chi connectivity index (χ4n) is 0.103. The average molecular weight is 163 g/mol. The molecule has 0 N–H and O–H groups in total. The zero-order valence-corrected chi connectivity index (χ0v) is 6.00. The second-order valence-electron chi connectivity index (χ2n) is 0.651. The van der Waals surface area contributed by atoms with Crippen molar-refractivity contribution in [2.75, 3.05) is 12.4 Å². The minimum atomic E-state index is 0.207. The summed E-state index contributed by atoms with van der Waals surface area (Å²) >= 11 is 9.94. The average Bonchev–Trinajstić information content (AvgIpc) is 1.69. The second kappa shape index (κ2) is 6.93. The summed E-state index contributed by atoms with van der Waals surface area (Å²) in [6.07, 6.45) is 0.411. The third-order valence-corrected chi connectivity index (χ3v) is 1.46. The van der Waals surface area contributed by atoms with Crippen molar-refractivity contribution in [3.05, 3.63) is 0 Å². The minimum Gasteiger partial charge on any atom is -0.344 e. The Hall–Kier alpha value is 0.930. The van der Waals surface area contributed by atoms with Crippen molar-refractivity contribution in [2.45, 2.75) is 0 Å². The Morgan fingerprint density at radius 2 is 2.29 bits per heavy atom. The van der Waals surface area contributed by atoms with Crippen LogP contribution in [-0.4, -0.2) is 12.4 Å². The van der Waals surface area contributed by atoms with Gasteiger partial charge in [-0.1, -0.05) is 11.6 Å². The third kappa shape index (κ3) is 6.93. The van der Waals surface area contributed by atoms with Crippen molar-refractivity contribution >= 4 is 32.3 Å². The van der Waals surface area contributed by atoms with Crippen LogP contribution < -0.4 is 0 Å². The van der Waals surface area contributed by atoms with Gasteiger partial charge in [0, 0.05) is 8.81 Å². The quantitative estimate of drug-likeness (QED) is 0.358. The number of rotatable bonds is 4. The van der Waals surface area contributed by atoms with Crippen LogP contribution in [0.5, 0.6) is 0 Å². The molecule has 0 spiro atoms. The van der Waals surface area contributed by atoms with E-state index in [4.69, 9.17) is 23.5 Å². The first-order valence-electron chi connectivity index (χ1n) is 1.56. The van der Waals surface area contributed by atoms with E-state index >= 15 is 0 Å². The number of hydrogen-bond donors (Lipinski definition) is 0. The maximum Gasteiger partial charge on any atom is 0.124 e. The molecule has 1 unspecified atom stereocenters. The van der Waals surface area contributed by atoms with Crippen LogP contribution in [0.3, 0.4) is 0 Å². The summed E-state index contributed by atoms with van der Waals surface area (Å²) in [6.45, 7) is 0. The normalized spacial score (nSPS) is 11.1. The lowest BCUT2D eigenvalue weighted by Crippen LogP contribution is -1.74. The van der Waals surface area contributed by atoms with Gasteiger partial charge in [0.2, 0.25) is 0 Å². The molecule has 0 saturated carbocycles. The van der Waals surface area contributed by atoms with Crippen molar-refractivity contribution in [3.8, 4) is 0 Å². The molecule has 7 heavy (non-hydrogen) atoms. The monoisotopic (exact) mass is 162 g/mol. The second-order valence-corrected chi connectivity index (χ2v) is 1.95. The lowest BCUT2D eigenvalue weighted by atomic mass is 11.7. The van der Waals surface area contributed by atoms with Crippen molar-refractivity contribution < 1.29 is 8.81 Å². The Bertz CT molecular complexity index is 32.9. The topological polar surface area (TPSA) is 18.5 Å². The minimum absolute atomic E-state index is 0.207. The molecule has 0 aliphatic carbocycles. The molecule has 0 fully saturated rings. The highest BCUT2D eigenvalue weighted by Gasteiger charge is 1.81. The molecule has 0 aliphatic rings. The Labute approximate surface area is 54.1 Å². The molecule has 0 aromatic heterocycles. The first kappa shape index (κ1) is 7.93. The molecule has 0 saturated heterocycles. The smallest absolute Gasteiger partial charge is 0.124 e. The molecule has 0 aromatic carbocycles. The van der Waals surface area contributed by atoms with E-state index in [0.29, 0.717) is 6.35 Å². The van der Waals surface area contributed by atoms with E-state index < -0.39 is 0 Å². The van der Waals surface area contributed by atoms with Crippen LogP contribution >= 0.6 is 32.3 Å². The van der Waals surface area contributed by atoms with E-state index in [9.17, 15) is 0 Å². The van der Waals surface area contributed by atoms with Gasteiger partial charge < -0.3 is 4.52 Å². The SMILES string of the molecule is ClCOPCOCl. The highest BCUT2D eigenvalue weighted by molar-refractivity contribution is 7.32. The van der Waals surface area contributed by atoms with Gasteiger partial charge in [-0.2, -0.15) is 0 Å². The number of hydrogen-bond acceptors (Lipinski definition) is 2. The summed E-state index contributed by atoms with van der Waals surface area (Å²) in [6, 6.07) is 0.207. The predicted molar refractivity (Wildman–Crippen MR) is 31.9 cm³/mol. The summed E-state index contributed by atoms with van der Waals surface area (Å²) in [5.41, 5.74) is 0. The van der Waals surface area contributed by atoms with E-state index in [1.165, 1.54) is 0 Å². The zero-order valence-electron chi connectivity index (χ0n) is 3.49.